The number of hydrazone groups is 1. The lowest BCUT2D eigenvalue weighted by atomic mass is 10.1. The van der Waals surface area contributed by atoms with E-state index in [0.29, 0.717) is 32.8 Å². The third-order valence-electron chi connectivity index (χ3n) is 4.46. The van der Waals surface area contributed by atoms with Crippen molar-refractivity contribution in [2.75, 3.05) is 13.7 Å². The number of nitriles is 1. The Kier molecular flexibility index (Phi) is 8.07. The van der Waals surface area contributed by atoms with Gasteiger partial charge in [0.1, 0.15) is 23.2 Å². The Morgan fingerprint density at radius 3 is 2.91 bits per heavy atom. The van der Waals surface area contributed by atoms with Crippen LogP contribution in [-0.2, 0) is 16.1 Å². The molecule has 1 N–H and O–H groups in total. The Balaban J connectivity index is 1.61. The van der Waals surface area contributed by atoms with Gasteiger partial charge in [-0.15, -0.1) is 0 Å². The SMILES string of the molecule is COCc1c(Br)c(C)nc(OCC(=O)N/N=C\c2ccc(-c3cccc([N+](=O)[O-])c3)o2)c1C#N. The molecule has 0 unspecified atom stereocenters. The van der Waals surface area contributed by atoms with Gasteiger partial charge in [0.15, 0.2) is 6.61 Å². The highest BCUT2D eigenvalue weighted by molar-refractivity contribution is 9.10. The number of hydrogen-bond donors (Lipinski definition) is 1. The number of carbonyl (C=O) groups is 1. The summed E-state index contributed by atoms with van der Waals surface area (Å²) in [6.07, 6.45) is 1.28. The van der Waals surface area contributed by atoms with Crippen molar-refractivity contribution >= 4 is 33.7 Å². The summed E-state index contributed by atoms with van der Waals surface area (Å²) in [5.74, 6) is 0.166. The number of carbonyl (C=O) groups excluding carboxylic acids is 1. The largest absolute Gasteiger partial charge is 0.467 e. The molecule has 2 aromatic heterocycles. The zero-order valence-corrected chi connectivity index (χ0v) is 19.7. The predicted molar refractivity (Wildman–Crippen MR) is 124 cm³/mol. The van der Waals surface area contributed by atoms with Gasteiger partial charge >= 0.3 is 0 Å². The van der Waals surface area contributed by atoms with E-state index >= 15 is 0 Å². The van der Waals surface area contributed by atoms with Gasteiger partial charge in [0.25, 0.3) is 11.6 Å². The van der Waals surface area contributed by atoms with Crippen molar-refractivity contribution in [1.29, 1.82) is 5.26 Å². The number of furan rings is 1. The summed E-state index contributed by atoms with van der Waals surface area (Å²) in [7, 11) is 1.50. The van der Waals surface area contributed by atoms with Crippen molar-refractivity contribution in [2.45, 2.75) is 13.5 Å². The maximum absolute atomic E-state index is 12.1. The van der Waals surface area contributed by atoms with Crippen molar-refractivity contribution in [2.24, 2.45) is 5.10 Å². The molecule has 0 bridgehead atoms. The Hall–Kier alpha value is -4.08. The van der Waals surface area contributed by atoms with Crippen LogP contribution >= 0.6 is 15.9 Å². The quantitative estimate of drug-likeness (QED) is 0.250. The van der Waals surface area contributed by atoms with Crippen LogP contribution in [0, 0.1) is 28.4 Å². The van der Waals surface area contributed by atoms with Crippen molar-refractivity contribution < 1.29 is 23.6 Å². The molecule has 3 aromatic rings. The Labute approximate surface area is 202 Å². The molecule has 0 saturated heterocycles. The maximum Gasteiger partial charge on any atom is 0.278 e. The number of benzene rings is 1. The van der Waals surface area contributed by atoms with Crippen LogP contribution in [0.2, 0.25) is 0 Å². The second-order valence-corrected chi connectivity index (χ2v) is 7.60. The maximum atomic E-state index is 12.1. The molecule has 0 saturated carbocycles. The van der Waals surface area contributed by atoms with Crippen LogP contribution in [-0.4, -0.2) is 35.7 Å². The molecule has 0 fully saturated rings. The number of ether oxygens (including phenoxy) is 2. The first kappa shape index (κ1) is 24.6. The zero-order valence-electron chi connectivity index (χ0n) is 18.1. The van der Waals surface area contributed by atoms with E-state index in [2.05, 4.69) is 31.4 Å². The number of methoxy groups -OCH3 is 1. The first-order valence-electron chi connectivity index (χ1n) is 9.71. The minimum atomic E-state index is -0.582. The fourth-order valence-electron chi connectivity index (χ4n) is 2.90. The van der Waals surface area contributed by atoms with Gasteiger partial charge < -0.3 is 13.9 Å². The lowest BCUT2D eigenvalue weighted by molar-refractivity contribution is -0.384. The lowest BCUT2D eigenvalue weighted by Gasteiger charge is -2.13. The highest BCUT2D eigenvalue weighted by atomic mass is 79.9. The predicted octanol–water partition coefficient (Wildman–Crippen LogP) is 3.87. The Bertz CT molecular complexity index is 1300. The average Bonchev–Trinajstić information content (AvgIpc) is 3.30. The van der Waals surface area contributed by atoms with Crippen LogP contribution in [0.5, 0.6) is 5.88 Å². The number of rotatable bonds is 9. The number of non-ortho nitro benzene ring substituents is 1. The van der Waals surface area contributed by atoms with Crippen LogP contribution in [0.3, 0.4) is 0 Å². The second kappa shape index (κ2) is 11.2. The number of nitrogens with zero attached hydrogens (tertiary/aromatic N) is 4. The second-order valence-electron chi connectivity index (χ2n) is 6.81. The molecule has 34 heavy (non-hydrogen) atoms. The first-order valence-corrected chi connectivity index (χ1v) is 10.5. The van der Waals surface area contributed by atoms with E-state index in [1.165, 1.54) is 25.5 Å². The number of hydrogen-bond acceptors (Lipinski definition) is 9. The monoisotopic (exact) mass is 527 g/mol. The van der Waals surface area contributed by atoms with Gasteiger partial charge in [0.2, 0.25) is 5.88 Å². The van der Waals surface area contributed by atoms with Crippen molar-refractivity contribution in [3.8, 4) is 23.3 Å². The highest BCUT2D eigenvalue weighted by Gasteiger charge is 2.18. The molecule has 0 radical (unpaired) electrons. The van der Waals surface area contributed by atoms with Gasteiger partial charge in [0, 0.05) is 34.8 Å². The molecular formula is C22H18BrN5O6. The number of nitro benzene ring substituents is 1. The molecule has 0 atom stereocenters. The van der Waals surface area contributed by atoms with E-state index in [1.807, 2.05) is 6.07 Å². The molecule has 1 aromatic carbocycles. The number of nitrogens with one attached hydrogen (secondary N) is 1. The molecule has 0 aliphatic carbocycles. The van der Waals surface area contributed by atoms with E-state index in [9.17, 15) is 20.2 Å². The average molecular weight is 528 g/mol. The molecule has 12 heteroatoms. The van der Waals surface area contributed by atoms with E-state index in [-0.39, 0.29) is 23.7 Å². The van der Waals surface area contributed by atoms with Crippen LogP contribution in [0.1, 0.15) is 22.6 Å². The zero-order chi connectivity index (χ0) is 24.7. The van der Waals surface area contributed by atoms with Crippen LogP contribution in [0.15, 0.2) is 50.4 Å². The number of pyridine rings is 1. The summed E-state index contributed by atoms with van der Waals surface area (Å²) < 4.78 is 16.8. The number of aryl methyl sites for hydroxylation is 1. The fourth-order valence-corrected chi connectivity index (χ4v) is 3.30. The van der Waals surface area contributed by atoms with E-state index in [4.69, 9.17) is 13.9 Å². The summed E-state index contributed by atoms with van der Waals surface area (Å²) in [4.78, 5) is 26.8. The summed E-state index contributed by atoms with van der Waals surface area (Å²) in [5.41, 5.74) is 4.09. The molecule has 2 heterocycles. The van der Waals surface area contributed by atoms with Gasteiger partial charge in [-0.3, -0.25) is 14.9 Å². The topological polar surface area (TPSA) is 153 Å². The third kappa shape index (κ3) is 5.83. The molecular weight excluding hydrogens is 510 g/mol. The molecule has 11 nitrogen and oxygen atoms in total. The third-order valence-corrected chi connectivity index (χ3v) is 5.51. The summed E-state index contributed by atoms with van der Waals surface area (Å²) >= 11 is 3.38. The summed E-state index contributed by atoms with van der Waals surface area (Å²) in [6.45, 7) is 1.47. The minimum absolute atomic E-state index is 0.0158. The van der Waals surface area contributed by atoms with Gasteiger partial charge in [0.05, 0.1) is 23.4 Å². The van der Waals surface area contributed by atoms with Crippen LogP contribution < -0.4 is 10.2 Å². The van der Waals surface area contributed by atoms with Gasteiger partial charge in [-0.1, -0.05) is 12.1 Å². The Morgan fingerprint density at radius 2 is 2.21 bits per heavy atom. The summed E-state index contributed by atoms with van der Waals surface area (Å²) in [5, 5.41) is 24.2. The van der Waals surface area contributed by atoms with Crippen molar-refractivity contribution in [3.05, 3.63) is 73.6 Å². The number of aromatic nitrogens is 1. The molecule has 1 amide bonds. The molecule has 174 valence electrons. The number of halogens is 1. The molecule has 0 aliphatic rings. The van der Waals surface area contributed by atoms with Gasteiger partial charge in [-0.2, -0.15) is 10.4 Å². The molecule has 0 aliphatic heterocycles. The lowest BCUT2D eigenvalue weighted by Crippen LogP contribution is -2.25. The minimum Gasteiger partial charge on any atom is -0.467 e. The number of nitro groups is 1. The smallest absolute Gasteiger partial charge is 0.278 e. The Morgan fingerprint density at radius 1 is 1.41 bits per heavy atom. The van der Waals surface area contributed by atoms with Crippen LogP contribution in [0.25, 0.3) is 11.3 Å². The van der Waals surface area contributed by atoms with Crippen molar-refractivity contribution in [3.63, 3.8) is 0 Å². The van der Waals surface area contributed by atoms with E-state index in [1.54, 1.807) is 31.2 Å². The first-order chi connectivity index (χ1) is 16.3. The molecule has 3 rings (SSSR count). The van der Waals surface area contributed by atoms with E-state index in [0.717, 1.165) is 0 Å². The van der Waals surface area contributed by atoms with Gasteiger partial charge in [-0.25, -0.2) is 10.4 Å². The van der Waals surface area contributed by atoms with Crippen molar-refractivity contribution in [1.82, 2.24) is 10.4 Å². The highest BCUT2D eigenvalue weighted by Crippen LogP contribution is 2.30. The van der Waals surface area contributed by atoms with Crippen LogP contribution in [0.4, 0.5) is 5.69 Å². The standard InChI is InChI=1S/C22H18BrN5O6/c1-13-21(23)18(11-32-2)17(9-24)22(26-13)33-12-20(29)27-25-10-16-6-7-19(34-16)14-4-3-5-15(8-14)28(30)31/h3-8,10H,11-12H2,1-2H3,(H,27,29)/b25-10-. The fraction of sp³-hybridized carbons (Fsp3) is 0.182. The normalized spacial score (nSPS) is 10.8. The number of amides is 1. The van der Waals surface area contributed by atoms with E-state index < -0.39 is 17.4 Å². The van der Waals surface area contributed by atoms with Gasteiger partial charge in [-0.05, 0) is 35.0 Å². The summed E-state index contributed by atoms with van der Waals surface area (Å²) in [6, 6.07) is 11.3. The molecule has 0 spiro atoms.